The molecule has 150 valence electrons. The van der Waals surface area contributed by atoms with Crippen molar-refractivity contribution in [1.82, 2.24) is 14.8 Å². The van der Waals surface area contributed by atoms with Gasteiger partial charge in [0.05, 0.1) is 5.69 Å². The summed E-state index contributed by atoms with van der Waals surface area (Å²) in [6.45, 7) is 3.92. The van der Waals surface area contributed by atoms with E-state index in [0.717, 1.165) is 26.9 Å². The number of aromatic nitrogens is 3. The summed E-state index contributed by atoms with van der Waals surface area (Å²) in [6.07, 6.45) is 0. The van der Waals surface area contributed by atoms with Crippen molar-refractivity contribution in [2.45, 2.75) is 13.8 Å². The minimum absolute atomic E-state index is 0.0792. The number of rotatable bonds is 4. The highest BCUT2D eigenvalue weighted by Gasteiger charge is 2.20. The molecule has 0 aliphatic carbocycles. The highest BCUT2D eigenvalue weighted by molar-refractivity contribution is 9.10. The molecule has 0 aliphatic heterocycles. The van der Waals surface area contributed by atoms with E-state index in [-0.39, 0.29) is 11.7 Å². The number of halogens is 2. The summed E-state index contributed by atoms with van der Waals surface area (Å²) in [4.78, 5) is 17.5. The average Bonchev–Trinajstić information content (AvgIpc) is 3.16. The summed E-state index contributed by atoms with van der Waals surface area (Å²) < 4.78 is 2.63. The number of anilines is 1. The minimum Gasteiger partial charge on any atom is -0.319 e. The van der Waals surface area contributed by atoms with Gasteiger partial charge < -0.3 is 5.32 Å². The smallest absolute Gasteiger partial charge is 0.295 e. The fourth-order valence-corrected chi connectivity index (χ4v) is 3.80. The summed E-state index contributed by atoms with van der Waals surface area (Å²) in [5, 5.41) is 8.02. The molecule has 1 amide bonds. The SMILES string of the molecule is Cc1cc(Br)ccc1NC(=O)c1nc(-c2cccc(Cl)c2)n(-c2ccccc2C)n1. The number of nitrogens with zero attached hydrogens (tertiary/aromatic N) is 3. The van der Waals surface area contributed by atoms with Gasteiger partial charge in [-0.05, 0) is 61.4 Å². The van der Waals surface area contributed by atoms with Gasteiger partial charge in [-0.25, -0.2) is 9.67 Å². The van der Waals surface area contributed by atoms with Gasteiger partial charge in [-0.3, -0.25) is 4.79 Å². The van der Waals surface area contributed by atoms with Crippen LogP contribution in [0, 0.1) is 13.8 Å². The molecular formula is C23H18BrClN4O. The normalized spacial score (nSPS) is 10.8. The fraction of sp³-hybridized carbons (Fsp3) is 0.0870. The lowest BCUT2D eigenvalue weighted by atomic mass is 10.2. The fourth-order valence-electron chi connectivity index (χ4n) is 3.14. The molecule has 0 spiro atoms. The summed E-state index contributed by atoms with van der Waals surface area (Å²) in [7, 11) is 0. The topological polar surface area (TPSA) is 59.8 Å². The van der Waals surface area contributed by atoms with Crippen molar-refractivity contribution in [3.05, 3.63) is 93.2 Å². The maximum Gasteiger partial charge on any atom is 0.295 e. The molecule has 4 aromatic rings. The predicted octanol–water partition coefficient (Wildman–Crippen LogP) is 6.22. The molecule has 5 nitrogen and oxygen atoms in total. The number of carbonyl (C=O) groups is 1. The van der Waals surface area contributed by atoms with Crippen molar-refractivity contribution in [3.8, 4) is 17.1 Å². The van der Waals surface area contributed by atoms with E-state index in [1.165, 1.54) is 0 Å². The maximum absolute atomic E-state index is 12.9. The monoisotopic (exact) mass is 480 g/mol. The van der Waals surface area contributed by atoms with E-state index in [0.29, 0.717) is 16.5 Å². The lowest BCUT2D eigenvalue weighted by molar-refractivity contribution is 0.101. The molecule has 4 rings (SSSR count). The first-order valence-electron chi connectivity index (χ1n) is 9.29. The molecule has 0 radical (unpaired) electrons. The number of carbonyl (C=O) groups excluding carboxylic acids is 1. The van der Waals surface area contributed by atoms with E-state index in [1.54, 1.807) is 16.8 Å². The van der Waals surface area contributed by atoms with Gasteiger partial charge in [0.1, 0.15) is 0 Å². The molecule has 0 aliphatic rings. The van der Waals surface area contributed by atoms with Crippen molar-refractivity contribution in [1.29, 1.82) is 0 Å². The zero-order valence-electron chi connectivity index (χ0n) is 16.4. The molecule has 0 atom stereocenters. The third-order valence-corrected chi connectivity index (χ3v) is 5.40. The number of hydrogen-bond donors (Lipinski definition) is 1. The van der Waals surface area contributed by atoms with Crippen molar-refractivity contribution in [2.75, 3.05) is 5.32 Å². The van der Waals surface area contributed by atoms with Crippen LogP contribution in [0.4, 0.5) is 5.69 Å². The van der Waals surface area contributed by atoms with Crippen LogP contribution >= 0.6 is 27.5 Å². The largest absolute Gasteiger partial charge is 0.319 e. The number of aryl methyl sites for hydroxylation is 2. The Kier molecular flexibility index (Phi) is 5.70. The van der Waals surface area contributed by atoms with E-state index in [1.807, 2.05) is 68.4 Å². The average molecular weight is 482 g/mol. The van der Waals surface area contributed by atoms with Crippen LogP contribution < -0.4 is 5.32 Å². The van der Waals surface area contributed by atoms with Gasteiger partial charge >= 0.3 is 0 Å². The second-order valence-corrected chi connectivity index (χ2v) is 8.23. The Morgan fingerprint density at radius 3 is 2.53 bits per heavy atom. The Morgan fingerprint density at radius 2 is 1.80 bits per heavy atom. The highest BCUT2D eigenvalue weighted by atomic mass is 79.9. The van der Waals surface area contributed by atoms with Crippen molar-refractivity contribution in [2.24, 2.45) is 0 Å². The van der Waals surface area contributed by atoms with Crippen LogP contribution in [0.1, 0.15) is 21.7 Å². The van der Waals surface area contributed by atoms with E-state index < -0.39 is 0 Å². The lowest BCUT2D eigenvalue weighted by Crippen LogP contribution is -2.15. The first-order chi connectivity index (χ1) is 14.4. The Hall–Kier alpha value is -2.96. The molecule has 1 heterocycles. The number of para-hydroxylation sites is 1. The third kappa shape index (κ3) is 4.15. The quantitative estimate of drug-likeness (QED) is 0.376. The molecular weight excluding hydrogens is 464 g/mol. The second kappa shape index (κ2) is 8.42. The number of amides is 1. The zero-order chi connectivity index (χ0) is 21.3. The molecule has 0 saturated carbocycles. The highest BCUT2D eigenvalue weighted by Crippen LogP contribution is 2.26. The van der Waals surface area contributed by atoms with E-state index >= 15 is 0 Å². The van der Waals surface area contributed by atoms with Crippen LogP contribution in [0.15, 0.2) is 71.2 Å². The number of nitrogens with one attached hydrogen (secondary N) is 1. The van der Waals surface area contributed by atoms with Crippen LogP contribution in [0.25, 0.3) is 17.1 Å². The van der Waals surface area contributed by atoms with Gasteiger partial charge in [-0.15, -0.1) is 5.10 Å². The van der Waals surface area contributed by atoms with E-state index in [2.05, 4.69) is 31.3 Å². The van der Waals surface area contributed by atoms with Gasteiger partial charge in [0.2, 0.25) is 5.82 Å². The van der Waals surface area contributed by atoms with Crippen LogP contribution in [0.5, 0.6) is 0 Å². The Bertz CT molecular complexity index is 1250. The standard InChI is InChI=1S/C23H18BrClN4O/c1-14-6-3-4-9-20(14)29-22(16-7-5-8-18(25)13-16)27-21(28-29)23(30)26-19-11-10-17(24)12-15(19)2/h3-13H,1-2H3,(H,26,30). The number of hydrogen-bond acceptors (Lipinski definition) is 3. The van der Waals surface area contributed by atoms with Gasteiger partial charge in [0.25, 0.3) is 5.91 Å². The molecule has 1 aromatic heterocycles. The molecule has 30 heavy (non-hydrogen) atoms. The predicted molar refractivity (Wildman–Crippen MR) is 123 cm³/mol. The molecule has 3 aromatic carbocycles. The number of benzene rings is 3. The van der Waals surface area contributed by atoms with Gasteiger partial charge in [0, 0.05) is 20.7 Å². The van der Waals surface area contributed by atoms with Gasteiger partial charge in [0.15, 0.2) is 5.82 Å². The van der Waals surface area contributed by atoms with Crippen LogP contribution in [0.3, 0.4) is 0 Å². The summed E-state index contributed by atoms with van der Waals surface area (Å²) in [5.41, 5.74) is 4.28. The molecule has 7 heteroatoms. The second-order valence-electron chi connectivity index (χ2n) is 6.88. The van der Waals surface area contributed by atoms with Crippen molar-refractivity contribution >= 4 is 39.1 Å². The molecule has 1 N–H and O–H groups in total. The first-order valence-corrected chi connectivity index (χ1v) is 10.5. The summed E-state index contributed by atoms with van der Waals surface area (Å²) in [5.74, 6) is 0.246. The van der Waals surface area contributed by atoms with Crippen LogP contribution in [-0.4, -0.2) is 20.7 Å². The Morgan fingerprint density at radius 1 is 1.00 bits per heavy atom. The van der Waals surface area contributed by atoms with E-state index in [9.17, 15) is 4.79 Å². The van der Waals surface area contributed by atoms with E-state index in [4.69, 9.17) is 11.6 Å². The summed E-state index contributed by atoms with van der Waals surface area (Å²) >= 11 is 9.62. The zero-order valence-corrected chi connectivity index (χ0v) is 18.7. The molecule has 0 fully saturated rings. The first kappa shape index (κ1) is 20.3. The van der Waals surface area contributed by atoms with Crippen LogP contribution in [0.2, 0.25) is 5.02 Å². The Balaban J connectivity index is 1.79. The van der Waals surface area contributed by atoms with Gasteiger partial charge in [-0.1, -0.05) is 57.9 Å². The Labute approximate surface area is 187 Å². The summed E-state index contributed by atoms with van der Waals surface area (Å²) in [6, 6.07) is 20.8. The maximum atomic E-state index is 12.9. The van der Waals surface area contributed by atoms with Crippen LogP contribution in [-0.2, 0) is 0 Å². The minimum atomic E-state index is -0.379. The lowest BCUT2D eigenvalue weighted by Gasteiger charge is -2.09. The van der Waals surface area contributed by atoms with Crippen molar-refractivity contribution in [3.63, 3.8) is 0 Å². The van der Waals surface area contributed by atoms with Gasteiger partial charge in [-0.2, -0.15) is 0 Å². The molecule has 0 unspecified atom stereocenters. The van der Waals surface area contributed by atoms with Crippen molar-refractivity contribution < 1.29 is 4.79 Å². The molecule has 0 saturated heterocycles. The molecule has 0 bridgehead atoms. The third-order valence-electron chi connectivity index (χ3n) is 4.67.